The van der Waals surface area contributed by atoms with Crippen LogP contribution < -0.4 is 0 Å². The Balaban J connectivity index is 2.60. The second-order valence-electron chi connectivity index (χ2n) is 8.21. The summed E-state index contributed by atoms with van der Waals surface area (Å²) < 4.78 is 0. The van der Waals surface area contributed by atoms with Gasteiger partial charge in [-0.05, 0) is 27.5 Å². The van der Waals surface area contributed by atoms with Gasteiger partial charge in [0.05, 0.1) is 0 Å². The maximum Gasteiger partial charge on any atom is 0.0455 e. The Morgan fingerprint density at radius 1 is 0.905 bits per heavy atom. The highest BCUT2D eigenvalue weighted by molar-refractivity contribution is 7.61. The average molecular weight is 303 g/mol. The van der Waals surface area contributed by atoms with Gasteiger partial charge >= 0.3 is 0 Å². The van der Waals surface area contributed by atoms with Crippen LogP contribution in [0.5, 0.6) is 0 Å². The quantitative estimate of drug-likeness (QED) is 0.631. The molecule has 1 unspecified atom stereocenters. The third-order valence-electron chi connectivity index (χ3n) is 4.09. The molecule has 0 fully saturated rings. The summed E-state index contributed by atoms with van der Waals surface area (Å²) in [7, 11) is 4.16. The van der Waals surface area contributed by atoms with Crippen molar-refractivity contribution < 1.29 is 0 Å². The molecule has 0 saturated carbocycles. The summed E-state index contributed by atoms with van der Waals surface area (Å²) in [4.78, 5) is 2.32. The van der Waals surface area contributed by atoms with E-state index < -0.39 is 0 Å². The number of hydrogen-bond donors (Lipinski definition) is 0. The van der Waals surface area contributed by atoms with E-state index in [4.69, 9.17) is 0 Å². The lowest BCUT2D eigenvalue weighted by atomic mass is 10.1. The molecule has 0 saturated heterocycles. The van der Waals surface area contributed by atoms with Gasteiger partial charge in [0.2, 0.25) is 0 Å². The summed E-state index contributed by atoms with van der Waals surface area (Å²) in [6, 6.07) is 8.94. The lowest BCUT2D eigenvalue weighted by Crippen LogP contribution is -2.30. The number of nitrogens with zero attached hydrogens (tertiary/aromatic N) is 1. The van der Waals surface area contributed by atoms with Crippen molar-refractivity contribution in [1.29, 1.82) is 0 Å². The number of allylic oxidation sites excluding steroid dienone is 1. The Hall–Kier alpha value is -0.810. The molecule has 0 bridgehead atoms. The molecule has 0 amide bonds. The Morgan fingerprint density at radius 2 is 1.43 bits per heavy atom. The first-order valence-corrected chi connectivity index (χ1v) is 9.22. The Labute approximate surface area is 132 Å². The van der Waals surface area contributed by atoms with Crippen molar-refractivity contribution in [2.24, 2.45) is 0 Å². The first-order valence-electron chi connectivity index (χ1n) is 7.81. The van der Waals surface area contributed by atoms with Crippen molar-refractivity contribution in [2.45, 2.75) is 57.5 Å². The third kappa shape index (κ3) is 3.19. The van der Waals surface area contributed by atoms with Gasteiger partial charge in [0.1, 0.15) is 0 Å². The van der Waals surface area contributed by atoms with Crippen LogP contribution in [-0.2, 0) is 0 Å². The van der Waals surface area contributed by atoms with Crippen LogP contribution in [0.1, 0.15) is 58.3 Å². The minimum absolute atomic E-state index is 0.212. The lowest BCUT2D eigenvalue weighted by Gasteiger charge is -2.47. The van der Waals surface area contributed by atoms with Crippen molar-refractivity contribution in [3.8, 4) is 0 Å². The van der Waals surface area contributed by atoms with Crippen LogP contribution in [-0.4, -0.2) is 29.3 Å². The van der Waals surface area contributed by atoms with E-state index in [-0.39, 0.29) is 7.92 Å². The van der Waals surface area contributed by atoms with E-state index in [0.717, 1.165) is 0 Å². The number of hydrogen-bond acceptors (Lipinski definition) is 1. The second kappa shape index (κ2) is 5.43. The van der Waals surface area contributed by atoms with Crippen molar-refractivity contribution in [2.75, 3.05) is 14.1 Å². The van der Waals surface area contributed by atoms with Gasteiger partial charge in [-0.25, -0.2) is 0 Å². The molecular formula is C19H30NP. The summed E-state index contributed by atoms with van der Waals surface area (Å²) >= 11 is 0. The molecular weight excluding hydrogens is 273 g/mol. The Kier molecular flexibility index (Phi) is 4.28. The fourth-order valence-corrected chi connectivity index (χ4v) is 8.36. The highest BCUT2D eigenvalue weighted by Crippen LogP contribution is 2.71. The molecule has 0 spiro atoms. The van der Waals surface area contributed by atoms with Gasteiger partial charge in [-0.1, -0.05) is 73.7 Å². The Morgan fingerprint density at radius 3 is 1.90 bits per heavy atom. The molecule has 1 nitrogen and oxygen atoms in total. The van der Waals surface area contributed by atoms with Gasteiger partial charge in [0.15, 0.2) is 0 Å². The van der Waals surface area contributed by atoms with Crippen LogP contribution in [0, 0.1) is 0 Å². The van der Waals surface area contributed by atoms with E-state index >= 15 is 0 Å². The molecule has 21 heavy (non-hydrogen) atoms. The summed E-state index contributed by atoms with van der Waals surface area (Å²) in [5.41, 5.74) is 4.96. The topological polar surface area (TPSA) is 3.24 Å². The van der Waals surface area contributed by atoms with E-state index in [0.29, 0.717) is 16.0 Å². The molecule has 2 heteroatoms. The van der Waals surface area contributed by atoms with Gasteiger partial charge < -0.3 is 4.90 Å². The molecule has 0 radical (unpaired) electrons. The van der Waals surface area contributed by atoms with Crippen LogP contribution in [0.2, 0.25) is 0 Å². The largest absolute Gasteiger partial charge is 0.380 e. The smallest absolute Gasteiger partial charge is 0.0455 e. The number of benzene rings is 1. The van der Waals surface area contributed by atoms with Crippen molar-refractivity contribution in [3.05, 3.63) is 41.1 Å². The highest BCUT2D eigenvalue weighted by atomic mass is 31.1. The van der Waals surface area contributed by atoms with Gasteiger partial charge in [0.25, 0.3) is 0 Å². The zero-order valence-electron chi connectivity index (χ0n) is 14.9. The lowest BCUT2D eigenvalue weighted by molar-refractivity contribution is 0.498. The van der Waals surface area contributed by atoms with E-state index in [1.54, 1.807) is 0 Å². The van der Waals surface area contributed by atoms with Crippen molar-refractivity contribution in [1.82, 2.24) is 4.90 Å². The van der Waals surface area contributed by atoms with Gasteiger partial charge in [-0.3, -0.25) is 0 Å². The maximum absolute atomic E-state index is 2.41. The fourth-order valence-electron chi connectivity index (χ4n) is 3.71. The molecule has 2 rings (SSSR count). The highest BCUT2D eigenvalue weighted by Gasteiger charge is 2.44. The molecule has 1 aliphatic rings. The van der Waals surface area contributed by atoms with Crippen molar-refractivity contribution in [3.63, 3.8) is 0 Å². The summed E-state index contributed by atoms with van der Waals surface area (Å²) in [6.45, 7) is 14.5. The third-order valence-corrected chi connectivity index (χ3v) is 8.04. The van der Waals surface area contributed by atoms with Gasteiger partial charge in [-0.15, -0.1) is 0 Å². The average Bonchev–Trinajstić information content (AvgIpc) is 2.65. The van der Waals surface area contributed by atoms with Crippen LogP contribution in [0.25, 0.3) is 6.08 Å². The summed E-state index contributed by atoms with van der Waals surface area (Å²) in [5, 5.41) is 0.648. The van der Waals surface area contributed by atoms with E-state index in [1.807, 2.05) is 0 Å². The van der Waals surface area contributed by atoms with Crippen LogP contribution in [0.3, 0.4) is 0 Å². The molecule has 0 heterocycles. The number of rotatable bonds is 2. The molecule has 1 aromatic carbocycles. The SMILES string of the molecule is CN(C)C1=Cc2ccccc2C1P(C(C)(C)C)C(C)(C)C. The van der Waals surface area contributed by atoms with Crippen LogP contribution in [0.4, 0.5) is 0 Å². The number of fused-ring (bicyclic) bond motifs is 1. The molecule has 0 aromatic heterocycles. The molecule has 116 valence electrons. The zero-order valence-corrected chi connectivity index (χ0v) is 15.8. The fraction of sp³-hybridized carbons (Fsp3) is 0.579. The summed E-state index contributed by atoms with van der Waals surface area (Å²) in [5.74, 6) is 0. The second-order valence-corrected chi connectivity index (χ2v) is 12.1. The maximum atomic E-state index is 2.41. The Bertz CT molecular complexity index is 529. The standard InChI is InChI=1S/C19H30NP/c1-18(2,3)21(19(4,5)6)17-15-12-10-9-11-14(15)13-16(17)20(7)8/h9-13,17H,1-8H3. The molecule has 1 atom stereocenters. The minimum Gasteiger partial charge on any atom is -0.380 e. The predicted octanol–water partition coefficient (Wildman–Crippen LogP) is 5.72. The normalized spacial score (nSPS) is 18.7. The van der Waals surface area contributed by atoms with E-state index in [2.05, 4.69) is 90.9 Å². The predicted molar refractivity (Wildman–Crippen MR) is 97.3 cm³/mol. The van der Waals surface area contributed by atoms with Gasteiger partial charge in [-0.2, -0.15) is 0 Å². The van der Waals surface area contributed by atoms with E-state index in [9.17, 15) is 0 Å². The summed E-state index contributed by atoms with van der Waals surface area (Å²) in [6.07, 6.45) is 2.40. The van der Waals surface area contributed by atoms with E-state index in [1.165, 1.54) is 16.8 Å². The molecule has 1 aromatic rings. The molecule has 0 aliphatic heterocycles. The van der Waals surface area contributed by atoms with Crippen molar-refractivity contribution >= 4 is 14.0 Å². The number of likely N-dealkylation sites (N-methyl/N-ethyl adjacent to an activating group) is 1. The zero-order chi connectivity index (χ0) is 16.0. The minimum atomic E-state index is -0.212. The van der Waals surface area contributed by atoms with Gasteiger partial charge in [0, 0.05) is 25.5 Å². The van der Waals surface area contributed by atoms with Crippen LogP contribution in [0.15, 0.2) is 30.0 Å². The van der Waals surface area contributed by atoms with Crippen LogP contribution >= 0.6 is 7.92 Å². The first kappa shape index (κ1) is 16.6. The molecule has 0 N–H and O–H groups in total. The monoisotopic (exact) mass is 303 g/mol. The first-order chi connectivity index (χ1) is 9.53. The molecule has 1 aliphatic carbocycles.